The molecule has 0 aliphatic heterocycles. The zero-order valence-electron chi connectivity index (χ0n) is 14.5. The van der Waals surface area contributed by atoms with E-state index in [0.717, 1.165) is 16.9 Å². The molecule has 0 saturated heterocycles. The smallest absolute Gasteiger partial charge is 0.317 e. The summed E-state index contributed by atoms with van der Waals surface area (Å²) < 4.78 is 3.41. The summed E-state index contributed by atoms with van der Waals surface area (Å²) in [6.07, 6.45) is 5.41. The molecule has 0 aliphatic carbocycles. The molecule has 1 unspecified atom stereocenters. The zero-order valence-corrected chi connectivity index (χ0v) is 14.5. The SMILES string of the molecule is CC(NC(=O)N(C)Cc1cn(C)nn1)c1ccccc1-n1cccn1. The predicted molar refractivity (Wildman–Crippen MR) is 93.0 cm³/mol. The topological polar surface area (TPSA) is 80.9 Å². The third-order valence-corrected chi connectivity index (χ3v) is 3.89. The number of carbonyl (C=O) groups is 1. The molecule has 1 aromatic carbocycles. The van der Waals surface area contributed by atoms with Crippen molar-refractivity contribution in [2.45, 2.75) is 19.5 Å². The average molecular weight is 339 g/mol. The van der Waals surface area contributed by atoms with Gasteiger partial charge in [0.15, 0.2) is 0 Å². The summed E-state index contributed by atoms with van der Waals surface area (Å²) in [5, 5.41) is 15.2. The molecule has 3 rings (SSSR count). The van der Waals surface area contributed by atoms with Gasteiger partial charge in [0, 0.05) is 32.7 Å². The highest BCUT2D eigenvalue weighted by atomic mass is 16.2. The summed E-state index contributed by atoms with van der Waals surface area (Å²) >= 11 is 0. The molecule has 2 amide bonds. The number of hydrogen-bond acceptors (Lipinski definition) is 4. The normalized spacial score (nSPS) is 12.0. The van der Waals surface area contributed by atoms with Gasteiger partial charge in [-0.2, -0.15) is 5.10 Å². The molecule has 2 aromatic heterocycles. The van der Waals surface area contributed by atoms with Crippen molar-refractivity contribution in [3.63, 3.8) is 0 Å². The van der Waals surface area contributed by atoms with Gasteiger partial charge in [-0.3, -0.25) is 4.68 Å². The molecule has 0 aliphatic rings. The molecule has 3 aromatic rings. The van der Waals surface area contributed by atoms with Gasteiger partial charge in [0.25, 0.3) is 0 Å². The van der Waals surface area contributed by atoms with E-state index in [2.05, 4.69) is 20.7 Å². The minimum Gasteiger partial charge on any atom is -0.331 e. The summed E-state index contributed by atoms with van der Waals surface area (Å²) in [5.74, 6) is 0. The lowest BCUT2D eigenvalue weighted by Crippen LogP contribution is -2.38. The molecule has 25 heavy (non-hydrogen) atoms. The molecule has 8 nitrogen and oxygen atoms in total. The van der Waals surface area contributed by atoms with Crippen LogP contribution in [0.2, 0.25) is 0 Å². The van der Waals surface area contributed by atoms with Crippen molar-refractivity contribution in [2.75, 3.05) is 7.05 Å². The van der Waals surface area contributed by atoms with Crippen LogP contribution in [0.3, 0.4) is 0 Å². The minimum atomic E-state index is -0.173. The van der Waals surface area contributed by atoms with Gasteiger partial charge in [0.1, 0.15) is 5.69 Å². The fourth-order valence-electron chi connectivity index (χ4n) is 2.63. The van der Waals surface area contributed by atoms with Crippen LogP contribution in [0.5, 0.6) is 0 Å². The third kappa shape index (κ3) is 3.85. The molecular formula is C17H21N7O. The number of para-hydroxylation sites is 1. The highest BCUT2D eigenvalue weighted by molar-refractivity contribution is 5.74. The van der Waals surface area contributed by atoms with E-state index in [1.807, 2.05) is 43.5 Å². The Morgan fingerprint density at radius 2 is 2.12 bits per heavy atom. The highest BCUT2D eigenvalue weighted by Crippen LogP contribution is 2.21. The number of urea groups is 1. The molecule has 0 radical (unpaired) electrons. The Labute approximate surface area is 146 Å². The monoisotopic (exact) mass is 339 g/mol. The number of benzene rings is 1. The first-order chi connectivity index (χ1) is 12.0. The van der Waals surface area contributed by atoms with Crippen molar-refractivity contribution >= 4 is 6.03 Å². The molecule has 130 valence electrons. The molecule has 0 spiro atoms. The first-order valence-electron chi connectivity index (χ1n) is 8.00. The van der Waals surface area contributed by atoms with E-state index in [0.29, 0.717) is 6.54 Å². The molecule has 8 heteroatoms. The number of rotatable bonds is 5. The second-order valence-electron chi connectivity index (χ2n) is 5.92. The quantitative estimate of drug-likeness (QED) is 0.770. The minimum absolute atomic E-state index is 0.169. The van der Waals surface area contributed by atoms with Crippen LogP contribution in [0, 0.1) is 0 Å². The van der Waals surface area contributed by atoms with Crippen molar-refractivity contribution in [3.8, 4) is 5.69 Å². The van der Waals surface area contributed by atoms with Crippen molar-refractivity contribution in [1.82, 2.24) is 35.0 Å². The van der Waals surface area contributed by atoms with Gasteiger partial charge < -0.3 is 10.2 Å². The molecular weight excluding hydrogens is 318 g/mol. The van der Waals surface area contributed by atoms with E-state index < -0.39 is 0 Å². The Balaban J connectivity index is 1.70. The number of aromatic nitrogens is 5. The van der Waals surface area contributed by atoms with Crippen LogP contribution in [0.1, 0.15) is 24.2 Å². The van der Waals surface area contributed by atoms with Crippen LogP contribution < -0.4 is 5.32 Å². The van der Waals surface area contributed by atoms with Gasteiger partial charge in [-0.25, -0.2) is 9.48 Å². The van der Waals surface area contributed by atoms with Crippen LogP contribution in [0.25, 0.3) is 5.69 Å². The van der Waals surface area contributed by atoms with E-state index in [1.165, 1.54) is 0 Å². The maximum absolute atomic E-state index is 12.5. The number of hydrogen-bond donors (Lipinski definition) is 1. The summed E-state index contributed by atoms with van der Waals surface area (Å²) in [6, 6.07) is 9.41. The fourth-order valence-corrected chi connectivity index (χ4v) is 2.63. The van der Waals surface area contributed by atoms with Crippen molar-refractivity contribution in [3.05, 3.63) is 60.2 Å². The largest absolute Gasteiger partial charge is 0.331 e. The lowest BCUT2D eigenvalue weighted by Gasteiger charge is -2.22. The summed E-state index contributed by atoms with van der Waals surface area (Å²) in [7, 11) is 3.53. The summed E-state index contributed by atoms with van der Waals surface area (Å²) in [6.45, 7) is 2.35. The van der Waals surface area contributed by atoms with Crippen LogP contribution in [-0.2, 0) is 13.6 Å². The Kier molecular flexibility index (Phi) is 4.78. The average Bonchev–Trinajstić information content (AvgIpc) is 3.26. The Bertz CT molecular complexity index is 840. The van der Waals surface area contributed by atoms with Gasteiger partial charge in [0.05, 0.1) is 18.3 Å². The number of aryl methyl sites for hydroxylation is 1. The lowest BCUT2D eigenvalue weighted by molar-refractivity contribution is 0.203. The number of nitrogens with one attached hydrogen (secondary N) is 1. The second kappa shape index (κ2) is 7.16. The number of amides is 2. The Hall–Kier alpha value is -3.16. The van der Waals surface area contributed by atoms with Gasteiger partial charge in [-0.15, -0.1) is 5.10 Å². The summed E-state index contributed by atoms with van der Waals surface area (Å²) in [5.41, 5.74) is 2.68. The Morgan fingerprint density at radius 3 is 2.80 bits per heavy atom. The van der Waals surface area contributed by atoms with Crippen molar-refractivity contribution in [2.24, 2.45) is 7.05 Å². The molecule has 2 heterocycles. The van der Waals surface area contributed by atoms with Gasteiger partial charge in [0.2, 0.25) is 0 Å². The van der Waals surface area contributed by atoms with E-state index in [4.69, 9.17) is 0 Å². The van der Waals surface area contributed by atoms with E-state index in [1.54, 1.807) is 40.8 Å². The van der Waals surface area contributed by atoms with Crippen LogP contribution in [0.15, 0.2) is 48.9 Å². The predicted octanol–water partition coefficient (Wildman–Crippen LogP) is 1.90. The molecule has 1 N–H and O–H groups in total. The third-order valence-electron chi connectivity index (χ3n) is 3.89. The highest BCUT2D eigenvalue weighted by Gasteiger charge is 2.17. The van der Waals surface area contributed by atoms with Crippen LogP contribution in [-0.4, -0.2) is 42.8 Å². The fraction of sp³-hybridized carbons (Fsp3) is 0.294. The van der Waals surface area contributed by atoms with E-state index in [9.17, 15) is 4.79 Å². The summed E-state index contributed by atoms with van der Waals surface area (Å²) in [4.78, 5) is 14.1. The standard InChI is InChI=1S/C17H21N7O/c1-13(15-7-4-5-8-16(15)24-10-6-9-18-24)19-17(25)22(2)11-14-12-23(3)21-20-14/h4-10,12-13H,11H2,1-3H3,(H,19,25). The van der Waals surface area contributed by atoms with E-state index in [-0.39, 0.29) is 12.1 Å². The van der Waals surface area contributed by atoms with Gasteiger partial charge in [-0.05, 0) is 24.6 Å². The second-order valence-corrected chi connectivity index (χ2v) is 5.92. The maximum atomic E-state index is 12.5. The maximum Gasteiger partial charge on any atom is 0.317 e. The van der Waals surface area contributed by atoms with Crippen LogP contribution >= 0.6 is 0 Å². The van der Waals surface area contributed by atoms with Crippen LogP contribution in [0.4, 0.5) is 4.79 Å². The van der Waals surface area contributed by atoms with Gasteiger partial charge in [-0.1, -0.05) is 23.4 Å². The molecule has 0 saturated carbocycles. The number of nitrogens with zero attached hydrogens (tertiary/aromatic N) is 6. The molecule has 0 bridgehead atoms. The first-order valence-corrected chi connectivity index (χ1v) is 8.00. The van der Waals surface area contributed by atoms with Gasteiger partial charge >= 0.3 is 6.03 Å². The Morgan fingerprint density at radius 1 is 1.32 bits per heavy atom. The zero-order chi connectivity index (χ0) is 17.8. The first kappa shape index (κ1) is 16.7. The van der Waals surface area contributed by atoms with E-state index >= 15 is 0 Å². The van der Waals surface area contributed by atoms with Crippen molar-refractivity contribution in [1.29, 1.82) is 0 Å². The lowest BCUT2D eigenvalue weighted by atomic mass is 10.1. The number of carbonyl (C=O) groups excluding carboxylic acids is 1. The van der Waals surface area contributed by atoms with Crippen molar-refractivity contribution < 1.29 is 4.79 Å². The molecule has 1 atom stereocenters. The molecule has 0 fully saturated rings.